The van der Waals surface area contributed by atoms with Gasteiger partial charge in [-0.2, -0.15) is 0 Å². The summed E-state index contributed by atoms with van der Waals surface area (Å²) in [6.45, 7) is -0.115. The lowest BCUT2D eigenvalue weighted by molar-refractivity contribution is 0.292. The first-order valence-electron chi connectivity index (χ1n) is 9.27. The van der Waals surface area contributed by atoms with Crippen LogP contribution in [0.1, 0.15) is 5.56 Å². The molecule has 0 saturated heterocycles. The summed E-state index contributed by atoms with van der Waals surface area (Å²) in [5.41, 5.74) is 0.992. The Hall–Kier alpha value is -3.80. The predicted octanol–water partition coefficient (Wildman–Crippen LogP) is 5.20. The molecule has 0 fully saturated rings. The number of hydrogen-bond donors (Lipinski definition) is 0. The SMILES string of the molecule is COc1ccc(-c2oc3ccccc3c(=O)c2OCc2ccccc2F)cc1OC. The van der Waals surface area contributed by atoms with Crippen LogP contribution < -0.4 is 19.6 Å². The van der Waals surface area contributed by atoms with Crippen LogP contribution in [0.3, 0.4) is 0 Å². The van der Waals surface area contributed by atoms with E-state index in [0.717, 1.165) is 0 Å². The monoisotopic (exact) mass is 406 g/mol. The zero-order valence-corrected chi connectivity index (χ0v) is 16.5. The Kier molecular flexibility index (Phi) is 5.39. The Labute approximate surface area is 172 Å². The van der Waals surface area contributed by atoms with Gasteiger partial charge in [0.25, 0.3) is 0 Å². The van der Waals surface area contributed by atoms with Gasteiger partial charge in [0.05, 0.1) is 19.6 Å². The normalized spacial score (nSPS) is 10.8. The van der Waals surface area contributed by atoms with Crippen molar-refractivity contribution in [2.45, 2.75) is 6.61 Å². The van der Waals surface area contributed by atoms with Gasteiger partial charge in [-0.3, -0.25) is 4.79 Å². The zero-order chi connectivity index (χ0) is 21.1. The van der Waals surface area contributed by atoms with Gasteiger partial charge >= 0.3 is 0 Å². The average Bonchev–Trinajstić information content (AvgIpc) is 2.79. The number of benzene rings is 3. The molecular formula is C24H19FO5. The van der Waals surface area contributed by atoms with Crippen LogP contribution in [0.2, 0.25) is 0 Å². The summed E-state index contributed by atoms with van der Waals surface area (Å²) in [4.78, 5) is 13.2. The highest BCUT2D eigenvalue weighted by Gasteiger charge is 2.19. The van der Waals surface area contributed by atoms with E-state index in [1.807, 2.05) is 0 Å². The minimum atomic E-state index is -0.407. The molecule has 0 saturated carbocycles. The first-order chi connectivity index (χ1) is 14.6. The molecule has 0 spiro atoms. The molecule has 1 aromatic heterocycles. The molecular weight excluding hydrogens is 387 g/mol. The largest absolute Gasteiger partial charge is 0.493 e. The van der Waals surface area contributed by atoms with Gasteiger partial charge in [0.1, 0.15) is 18.0 Å². The molecule has 4 rings (SSSR count). The third-order valence-electron chi connectivity index (χ3n) is 4.73. The standard InChI is InChI=1S/C24H19FO5/c1-27-20-12-11-15(13-21(20)28-2)23-24(29-14-16-7-3-5-9-18(16)25)22(26)17-8-4-6-10-19(17)30-23/h3-13H,14H2,1-2H3. The quantitative estimate of drug-likeness (QED) is 0.441. The fourth-order valence-electron chi connectivity index (χ4n) is 3.19. The summed E-state index contributed by atoms with van der Waals surface area (Å²) in [6.07, 6.45) is 0. The van der Waals surface area contributed by atoms with Gasteiger partial charge in [0.2, 0.25) is 11.2 Å². The van der Waals surface area contributed by atoms with Crippen LogP contribution in [-0.2, 0) is 6.61 Å². The fraction of sp³-hybridized carbons (Fsp3) is 0.125. The van der Waals surface area contributed by atoms with Crippen LogP contribution in [0.15, 0.2) is 75.9 Å². The number of fused-ring (bicyclic) bond motifs is 1. The predicted molar refractivity (Wildman–Crippen MR) is 112 cm³/mol. The Morgan fingerprint density at radius 3 is 2.40 bits per heavy atom. The molecule has 30 heavy (non-hydrogen) atoms. The van der Waals surface area contributed by atoms with Crippen LogP contribution in [0.5, 0.6) is 17.2 Å². The lowest BCUT2D eigenvalue weighted by atomic mass is 10.1. The maximum Gasteiger partial charge on any atom is 0.235 e. The Morgan fingerprint density at radius 2 is 1.63 bits per heavy atom. The number of hydrogen-bond acceptors (Lipinski definition) is 5. The minimum absolute atomic E-state index is 0.00386. The molecule has 0 aliphatic rings. The van der Waals surface area contributed by atoms with Crippen LogP contribution in [0.25, 0.3) is 22.3 Å². The molecule has 0 N–H and O–H groups in total. The molecule has 0 radical (unpaired) electrons. The topological polar surface area (TPSA) is 57.9 Å². The van der Waals surface area contributed by atoms with E-state index in [-0.39, 0.29) is 23.5 Å². The smallest absolute Gasteiger partial charge is 0.235 e. The van der Waals surface area contributed by atoms with Crippen LogP contribution in [0, 0.1) is 5.82 Å². The van der Waals surface area contributed by atoms with Crippen LogP contribution >= 0.6 is 0 Å². The zero-order valence-electron chi connectivity index (χ0n) is 16.5. The lowest BCUT2D eigenvalue weighted by Gasteiger charge is -2.14. The van der Waals surface area contributed by atoms with E-state index in [2.05, 4.69) is 0 Å². The highest BCUT2D eigenvalue weighted by molar-refractivity contribution is 5.82. The van der Waals surface area contributed by atoms with Crippen molar-refractivity contribution in [1.82, 2.24) is 0 Å². The van der Waals surface area contributed by atoms with Crippen LogP contribution in [0.4, 0.5) is 4.39 Å². The van der Waals surface area contributed by atoms with E-state index in [1.165, 1.54) is 20.3 Å². The van der Waals surface area contributed by atoms with Gasteiger partial charge < -0.3 is 18.6 Å². The number of rotatable bonds is 6. The second kappa shape index (κ2) is 8.29. The van der Waals surface area contributed by atoms with Gasteiger partial charge in [-0.25, -0.2) is 4.39 Å². The number of halogens is 1. The summed E-state index contributed by atoms with van der Waals surface area (Å²) in [5.74, 6) is 0.847. The minimum Gasteiger partial charge on any atom is -0.493 e. The van der Waals surface area contributed by atoms with E-state index in [4.69, 9.17) is 18.6 Å². The second-order valence-corrected chi connectivity index (χ2v) is 6.54. The molecule has 6 heteroatoms. The highest BCUT2D eigenvalue weighted by Crippen LogP contribution is 2.37. The fourth-order valence-corrected chi connectivity index (χ4v) is 3.19. The summed E-state index contributed by atoms with van der Waals surface area (Å²) < 4.78 is 36.5. The van der Waals surface area contributed by atoms with Crippen molar-refractivity contribution in [2.75, 3.05) is 14.2 Å². The maximum atomic E-state index is 14.0. The number of methoxy groups -OCH3 is 2. The second-order valence-electron chi connectivity index (χ2n) is 6.54. The van der Waals surface area contributed by atoms with Crippen molar-refractivity contribution in [1.29, 1.82) is 0 Å². The number of para-hydroxylation sites is 1. The van der Waals surface area contributed by atoms with Gasteiger partial charge in [0, 0.05) is 11.1 Å². The van der Waals surface area contributed by atoms with Crippen molar-refractivity contribution in [3.63, 3.8) is 0 Å². The van der Waals surface area contributed by atoms with E-state index >= 15 is 0 Å². The van der Waals surface area contributed by atoms with Gasteiger partial charge in [-0.15, -0.1) is 0 Å². The lowest BCUT2D eigenvalue weighted by Crippen LogP contribution is -2.11. The van der Waals surface area contributed by atoms with Gasteiger partial charge in [-0.05, 0) is 36.4 Å². The molecule has 0 aliphatic carbocycles. The Balaban J connectivity index is 1.86. The molecule has 152 valence electrons. The molecule has 1 heterocycles. The maximum absolute atomic E-state index is 14.0. The van der Waals surface area contributed by atoms with E-state index < -0.39 is 5.82 Å². The molecule has 0 bridgehead atoms. The number of ether oxygens (including phenoxy) is 3. The van der Waals surface area contributed by atoms with Gasteiger partial charge in [0.15, 0.2) is 17.3 Å². The van der Waals surface area contributed by atoms with E-state index in [1.54, 1.807) is 60.7 Å². The molecule has 4 aromatic rings. The highest BCUT2D eigenvalue weighted by atomic mass is 19.1. The van der Waals surface area contributed by atoms with Gasteiger partial charge in [-0.1, -0.05) is 30.3 Å². The van der Waals surface area contributed by atoms with Crippen molar-refractivity contribution < 1.29 is 23.0 Å². The molecule has 5 nitrogen and oxygen atoms in total. The summed E-state index contributed by atoms with van der Waals surface area (Å²) in [5, 5.41) is 0.380. The third kappa shape index (κ3) is 3.59. The summed E-state index contributed by atoms with van der Waals surface area (Å²) in [7, 11) is 3.06. The van der Waals surface area contributed by atoms with E-state index in [0.29, 0.717) is 33.6 Å². The third-order valence-corrected chi connectivity index (χ3v) is 4.73. The Morgan fingerprint density at radius 1 is 0.900 bits per heavy atom. The van der Waals surface area contributed by atoms with Crippen molar-refractivity contribution >= 4 is 11.0 Å². The van der Waals surface area contributed by atoms with Crippen molar-refractivity contribution in [3.8, 4) is 28.6 Å². The molecule has 0 unspecified atom stereocenters. The molecule has 0 atom stereocenters. The molecule has 0 aliphatic heterocycles. The first kappa shape index (κ1) is 19.5. The first-order valence-corrected chi connectivity index (χ1v) is 9.27. The average molecular weight is 406 g/mol. The van der Waals surface area contributed by atoms with Crippen molar-refractivity contribution in [3.05, 3.63) is 88.3 Å². The summed E-state index contributed by atoms with van der Waals surface area (Å²) in [6, 6.07) is 18.3. The van der Waals surface area contributed by atoms with Crippen LogP contribution in [-0.4, -0.2) is 14.2 Å². The van der Waals surface area contributed by atoms with E-state index in [9.17, 15) is 9.18 Å². The van der Waals surface area contributed by atoms with Crippen molar-refractivity contribution in [2.24, 2.45) is 0 Å². The molecule has 3 aromatic carbocycles. The molecule has 0 amide bonds. The Bertz CT molecular complexity index is 1260. The summed E-state index contributed by atoms with van der Waals surface area (Å²) >= 11 is 0.